The molecule has 1 aliphatic rings. The van der Waals surface area contributed by atoms with Crippen LogP contribution in [0, 0.1) is 13.8 Å². The van der Waals surface area contributed by atoms with Gasteiger partial charge in [0.15, 0.2) is 0 Å². The van der Waals surface area contributed by atoms with Crippen molar-refractivity contribution in [1.82, 2.24) is 4.98 Å². The number of nitrogens with one attached hydrogen (secondary N) is 1. The van der Waals surface area contributed by atoms with E-state index in [0.717, 1.165) is 22.6 Å². The largest absolute Gasteiger partial charge is 0.389 e. The second kappa shape index (κ2) is 6.27. The van der Waals surface area contributed by atoms with E-state index in [4.69, 9.17) is 27.4 Å². The standard InChI is InChI=1S/C13H19N3O2S/c1-8-5-11(12(13(14)19)9(2)16-8)15-6-10-7-17-3-4-18-10/h5,10H,3-4,6-7H2,1-2H3,(H2,14,19)(H,15,16). The molecule has 104 valence electrons. The van der Waals surface area contributed by atoms with E-state index in [1.54, 1.807) is 0 Å². The van der Waals surface area contributed by atoms with Crippen LogP contribution in [0.2, 0.25) is 0 Å². The fourth-order valence-corrected chi connectivity index (χ4v) is 2.42. The molecule has 6 heteroatoms. The Hall–Kier alpha value is -1.24. The van der Waals surface area contributed by atoms with Crippen molar-refractivity contribution in [2.75, 3.05) is 31.7 Å². The van der Waals surface area contributed by atoms with Crippen molar-refractivity contribution < 1.29 is 9.47 Å². The minimum absolute atomic E-state index is 0.0572. The Labute approximate surface area is 118 Å². The van der Waals surface area contributed by atoms with Crippen LogP contribution in [0.15, 0.2) is 6.07 Å². The molecule has 0 saturated carbocycles. The van der Waals surface area contributed by atoms with Crippen LogP contribution in [-0.2, 0) is 9.47 Å². The Bertz CT molecular complexity index is 473. The van der Waals surface area contributed by atoms with Crippen LogP contribution in [0.3, 0.4) is 0 Å². The second-order valence-corrected chi connectivity index (χ2v) is 5.02. The molecule has 3 N–H and O–H groups in total. The lowest BCUT2D eigenvalue weighted by atomic mass is 10.1. The average molecular weight is 281 g/mol. The number of aromatic nitrogens is 1. The number of hydrogen-bond donors (Lipinski definition) is 2. The summed E-state index contributed by atoms with van der Waals surface area (Å²) in [6.07, 6.45) is 0.0572. The van der Waals surface area contributed by atoms with Crippen molar-refractivity contribution in [2.45, 2.75) is 20.0 Å². The third kappa shape index (κ3) is 3.62. The van der Waals surface area contributed by atoms with E-state index < -0.39 is 0 Å². The fraction of sp³-hybridized carbons (Fsp3) is 0.538. The molecule has 1 aromatic rings. The Morgan fingerprint density at radius 2 is 2.32 bits per heavy atom. The Morgan fingerprint density at radius 1 is 1.53 bits per heavy atom. The maximum Gasteiger partial charge on any atom is 0.107 e. The zero-order chi connectivity index (χ0) is 13.8. The van der Waals surface area contributed by atoms with Crippen molar-refractivity contribution in [1.29, 1.82) is 0 Å². The van der Waals surface area contributed by atoms with Crippen LogP contribution in [0.25, 0.3) is 0 Å². The third-order valence-corrected chi connectivity index (χ3v) is 3.18. The van der Waals surface area contributed by atoms with Crippen molar-refractivity contribution >= 4 is 22.9 Å². The van der Waals surface area contributed by atoms with Crippen LogP contribution in [0.1, 0.15) is 17.0 Å². The zero-order valence-electron chi connectivity index (χ0n) is 11.2. The molecule has 1 fully saturated rings. The summed E-state index contributed by atoms with van der Waals surface area (Å²) in [5.41, 5.74) is 9.26. The summed E-state index contributed by atoms with van der Waals surface area (Å²) in [4.78, 5) is 4.74. The van der Waals surface area contributed by atoms with Gasteiger partial charge in [0.1, 0.15) is 4.99 Å². The molecule has 2 heterocycles. The molecule has 19 heavy (non-hydrogen) atoms. The lowest BCUT2D eigenvalue weighted by molar-refractivity contribution is -0.0818. The first-order valence-electron chi connectivity index (χ1n) is 6.29. The first-order chi connectivity index (χ1) is 9.08. The number of anilines is 1. The van der Waals surface area contributed by atoms with E-state index in [-0.39, 0.29) is 6.10 Å². The summed E-state index contributed by atoms with van der Waals surface area (Å²) >= 11 is 5.09. The van der Waals surface area contributed by atoms with Gasteiger partial charge < -0.3 is 20.5 Å². The number of hydrogen-bond acceptors (Lipinski definition) is 5. The second-order valence-electron chi connectivity index (χ2n) is 4.58. The quantitative estimate of drug-likeness (QED) is 0.807. The van der Waals surface area contributed by atoms with Crippen LogP contribution in [0.4, 0.5) is 5.69 Å². The highest BCUT2D eigenvalue weighted by Gasteiger charge is 2.16. The average Bonchev–Trinajstić information content (AvgIpc) is 2.36. The first-order valence-corrected chi connectivity index (χ1v) is 6.70. The van der Waals surface area contributed by atoms with Gasteiger partial charge >= 0.3 is 0 Å². The van der Waals surface area contributed by atoms with E-state index in [2.05, 4.69) is 10.3 Å². The lowest BCUT2D eigenvalue weighted by Gasteiger charge is -2.24. The normalized spacial score (nSPS) is 19.2. The SMILES string of the molecule is Cc1cc(NCC2COCCO2)c(C(N)=S)c(C)n1. The number of thiocarbonyl (C=S) groups is 1. The first kappa shape index (κ1) is 14.2. The van der Waals surface area contributed by atoms with Gasteiger partial charge in [-0.2, -0.15) is 0 Å². The number of nitrogens with two attached hydrogens (primary N) is 1. The summed E-state index contributed by atoms with van der Waals surface area (Å²) in [6, 6.07) is 1.95. The summed E-state index contributed by atoms with van der Waals surface area (Å²) in [7, 11) is 0. The molecule has 1 unspecified atom stereocenters. The molecule has 2 rings (SSSR count). The highest BCUT2D eigenvalue weighted by Crippen LogP contribution is 2.20. The van der Waals surface area contributed by atoms with E-state index >= 15 is 0 Å². The van der Waals surface area contributed by atoms with Crippen molar-refractivity contribution in [2.24, 2.45) is 5.73 Å². The minimum Gasteiger partial charge on any atom is -0.389 e. The fourth-order valence-electron chi connectivity index (χ4n) is 2.16. The number of pyridine rings is 1. The van der Waals surface area contributed by atoms with Gasteiger partial charge in [0.05, 0.1) is 31.5 Å². The highest BCUT2D eigenvalue weighted by atomic mass is 32.1. The Morgan fingerprint density at radius 3 is 2.95 bits per heavy atom. The molecule has 0 aromatic carbocycles. The van der Waals surface area contributed by atoms with Gasteiger partial charge in [-0.05, 0) is 19.9 Å². The number of nitrogens with zero attached hydrogens (tertiary/aromatic N) is 1. The van der Waals surface area contributed by atoms with E-state index in [1.807, 2.05) is 19.9 Å². The molecule has 0 spiro atoms. The molecule has 0 amide bonds. The van der Waals surface area contributed by atoms with Gasteiger partial charge in [0.25, 0.3) is 0 Å². The molecule has 5 nitrogen and oxygen atoms in total. The summed E-state index contributed by atoms with van der Waals surface area (Å²) in [6.45, 7) is 6.44. The van der Waals surface area contributed by atoms with Crippen molar-refractivity contribution in [3.63, 3.8) is 0 Å². The predicted octanol–water partition coefficient (Wildman–Crippen LogP) is 1.16. The van der Waals surface area contributed by atoms with Crippen molar-refractivity contribution in [3.05, 3.63) is 23.0 Å². The monoisotopic (exact) mass is 281 g/mol. The molecule has 1 saturated heterocycles. The van der Waals surface area contributed by atoms with Crippen LogP contribution >= 0.6 is 12.2 Å². The van der Waals surface area contributed by atoms with Gasteiger partial charge in [-0.1, -0.05) is 12.2 Å². The van der Waals surface area contributed by atoms with Crippen LogP contribution in [-0.4, -0.2) is 42.4 Å². The highest BCUT2D eigenvalue weighted by molar-refractivity contribution is 7.80. The van der Waals surface area contributed by atoms with Crippen molar-refractivity contribution in [3.8, 4) is 0 Å². The number of rotatable bonds is 4. The van der Waals surface area contributed by atoms with Gasteiger partial charge in [0, 0.05) is 23.6 Å². The Balaban J connectivity index is 2.12. The zero-order valence-corrected chi connectivity index (χ0v) is 12.0. The number of aryl methyl sites for hydroxylation is 2. The van der Waals surface area contributed by atoms with E-state index in [1.165, 1.54) is 0 Å². The van der Waals surface area contributed by atoms with Gasteiger partial charge in [-0.25, -0.2) is 0 Å². The maximum atomic E-state index is 5.77. The van der Waals surface area contributed by atoms with Crippen LogP contribution < -0.4 is 11.1 Å². The Kier molecular flexibility index (Phi) is 4.68. The molecule has 0 aliphatic carbocycles. The van der Waals surface area contributed by atoms with Gasteiger partial charge in [-0.3, -0.25) is 4.98 Å². The number of ether oxygens (including phenoxy) is 2. The molecule has 1 aromatic heterocycles. The molecular weight excluding hydrogens is 262 g/mol. The molecule has 1 aliphatic heterocycles. The predicted molar refractivity (Wildman–Crippen MR) is 78.6 cm³/mol. The summed E-state index contributed by atoms with van der Waals surface area (Å²) in [5, 5.41) is 3.33. The maximum absolute atomic E-state index is 5.77. The molecule has 0 bridgehead atoms. The summed E-state index contributed by atoms with van der Waals surface area (Å²) < 4.78 is 11.0. The van der Waals surface area contributed by atoms with E-state index in [0.29, 0.717) is 31.4 Å². The smallest absolute Gasteiger partial charge is 0.107 e. The summed E-state index contributed by atoms with van der Waals surface area (Å²) in [5.74, 6) is 0. The van der Waals surface area contributed by atoms with Crippen LogP contribution in [0.5, 0.6) is 0 Å². The molecular formula is C13H19N3O2S. The molecule has 0 radical (unpaired) electrons. The minimum atomic E-state index is 0.0572. The molecule has 1 atom stereocenters. The lowest BCUT2D eigenvalue weighted by Crippen LogP contribution is -2.34. The third-order valence-electron chi connectivity index (χ3n) is 2.98. The topological polar surface area (TPSA) is 69.4 Å². The van der Waals surface area contributed by atoms with Gasteiger partial charge in [0.2, 0.25) is 0 Å². The van der Waals surface area contributed by atoms with E-state index in [9.17, 15) is 0 Å². The van der Waals surface area contributed by atoms with Gasteiger partial charge in [-0.15, -0.1) is 0 Å².